The number of nitrogens with zero attached hydrogens (tertiary/aromatic N) is 2. The van der Waals surface area contributed by atoms with E-state index in [1.165, 1.54) is 0 Å². The topological polar surface area (TPSA) is 82.2 Å². The molecule has 1 fully saturated rings. The van der Waals surface area contributed by atoms with E-state index in [1.807, 2.05) is 23.1 Å². The molecule has 2 unspecified atom stereocenters. The van der Waals surface area contributed by atoms with Crippen LogP contribution in [0.25, 0.3) is 0 Å². The first-order valence-corrected chi connectivity index (χ1v) is 6.44. The summed E-state index contributed by atoms with van der Waals surface area (Å²) in [5.41, 5.74) is 7.11. The number of anilines is 1. The third-order valence-corrected chi connectivity index (χ3v) is 3.50. The molecule has 5 heteroatoms. The van der Waals surface area contributed by atoms with Crippen LogP contribution in [0, 0.1) is 11.3 Å². The molecule has 5 nitrogen and oxygen atoms in total. The van der Waals surface area contributed by atoms with Crippen LogP contribution in [-0.4, -0.2) is 31.1 Å². The first-order chi connectivity index (χ1) is 9.19. The van der Waals surface area contributed by atoms with Crippen molar-refractivity contribution in [3.63, 3.8) is 0 Å². The van der Waals surface area contributed by atoms with Crippen LogP contribution >= 0.6 is 0 Å². The third-order valence-electron chi connectivity index (χ3n) is 3.50. The summed E-state index contributed by atoms with van der Waals surface area (Å²) in [6.07, 6.45) is 0.835. The second-order valence-corrected chi connectivity index (χ2v) is 4.72. The standard InChI is InChI=1S/C14H18N4O/c1-10-6-7-17-14(19)13(9-16)18(10)12-5-3-2-4-11(12)8-15/h2-5,10,13H,6-7,9,16H2,1H3,(H,17,19). The third kappa shape index (κ3) is 2.54. The van der Waals surface area contributed by atoms with Crippen LogP contribution in [0.4, 0.5) is 5.69 Å². The number of benzene rings is 1. The summed E-state index contributed by atoms with van der Waals surface area (Å²) in [5.74, 6) is -0.0698. The number of para-hydroxylation sites is 1. The fourth-order valence-corrected chi connectivity index (χ4v) is 2.51. The number of amides is 1. The molecule has 100 valence electrons. The van der Waals surface area contributed by atoms with Crippen LogP contribution in [0.15, 0.2) is 24.3 Å². The highest BCUT2D eigenvalue weighted by molar-refractivity contribution is 5.86. The molecular weight excluding hydrogens is 240 g/mol. The predicted molar refractivity (Wildman–Crippen MR) is 73.6 cm³/mol. The van der Waals surface area contributed by atoms with Gasteiger partial charge in [0.1, 0.15) is 12.1 Å². The van der Waals surface area contributed by atoms with Crippen LogP contribution < -0.4 is 16.0 Å². The molecular formula is C14H18N4O. The number of hydrogen-bond donors (Lipinski definition) is 2. The average Bonchev–Trinajstić information content (AvgIpc) is 2.57. The number of rotatable bonds is 2. The average molecular weight is 258 g/mol. The zero-order valence-corrected chi connectivity index (χ0v) is 11.0. The molecule has 0 aromatic heterocycles. The first-order valence-electron chi connectivity index (χ1n) is 6.44. The lowest BCUT2D eigenvalue weighted by atomic mass is 10.1. The van der Waals surface area contributed by atoms with E-state index >= 15 is 0 Å². The van der Waals surface area contributed by atoms with Crippen molar-refractivity contribution < 1.29 is 4.79 Å². The van der Waals surface area contributed by atoms with Crippen molar-refractivity contribution in [1.29, 1.82) is 5.26 Å². The van der Waals surface area contributed by atoms with Crippen molar-refractivity contribution in [1.82, 2.24) is 5.32 Å². The van der Waals surface area contributed by atoms with Gasteiger partial charge in [-0.3, -0.25) is 4.79 Å². The molecule has 19 heavy (non-hydrogen) atoms. The Morgan fingerprint density at radius 3 is 2.95 bits per heavy atom. The molecule has 0 spiro atoms. The van der Waals surface area contributed by atoms with Crippen molar-refractivity contribution in [2.24, 2.45) is 5.73 Å². The molecule has 1 aliphatic heterocycles. The summed E-state index contributed by atoms with van der Waals surface area (Å²) < 4.78 is 0. The monoisotopic (exact) mass is 258 g/mol. The van der Waals surface area contributed by atoms with Gasteiger partial charge in [-0.15, -0.1) is 0 Å². The van der Waals surface area contributed by atoms with Crippen molar-refractivity contribution in [3.8, 4) is 6.07 Å². The van der Waals surface area contributed by atoms with E-state index in [4.69, 9.17) is 5.73 Å². The Balaban J connectivity index is 2.48. The Morgan fingerprint density at radius 1 is 1.53 bits per heavy atom. The summed E-state index contributed by atoms with van der Waals surface area (Å²) in [5, 5.41) is 12.1. The smallest absolute Gasteiger partial charge is 0.244 e. The fraction of sp³-hybridized carbons (Fsp3) is 0.429. The van der Waals surface area contributed by atoms with Gasteiger partial charge in [0.2, 0.25) is 5.91 Å². The van der Waals surface area contributed by atoms with Crippen LogP contribution in [0.1, 0.15) is 18.9 Å². The lowest BCUT2D eigenvalue weighted by Crippen LogP contribution is -2.51. The molecule has 1 amide bonds. The van der Waals surface area contributed by atoms with Gasteiger partial charge in [0.15, 0.2) is 0 Å². The minimum Gasteiger partial charge on any atom is -0.355 e. The van der Waals surface area contributed by atoms with Gasteiger partial charge in [-0.05, 0) is 25.5 Å². The first kappa shape index (κ1) is 13.4. The fourth-order valence-electron chi connectivity index (χ4n) is 2.51. The number of carbonyl (C=O) groups excluding carboxylic acids is 1. The second kappa shape index (κ2) is 5.72. The molecule has 2 rings (SSSR count). The largest absolute Gasteiger partial charge is 0.355 e. The van der Waals surface area contributed by atoms with E-state index in [9.17, 15) is 10.1 Å². The van der Waals surface area contributed by atoms with E-state index in [1.54, 1.807) is 6.07 Å². The summed E-state index contributed by atoms with van der Waals surface area (Å²) in [6, 6.07) is 9.24. The normalized spacial score (nSPS) is 23.4. The van der Waals surface area contributed by atoms with Crippen LogP contribution in [-0.2, 0) is 4.79 Å². The van der Waals surface area contributed by atoms with Crippen molar-refractivity contribution in [2.45, 2.75) is 25.4 Å². The Hall–Kier alpha value is -2.06. The van der Waals surface area contributed by atoms with E-state index in [-0.39, 0.29) is 18.5 Å². The Labute approximate surface area is 113 Å². The minimum absolute atomic E-state index is 0.0698. The second-order valence-electron chi connectivity index (χ2n) is 4.72. The molecule has 1 aliphatic rings. The number of carbonyl (C=O) groups is 1. The van der Waals surface area contributed by atoms with Gasteiger partial charge >= 0.3 is 0 Å². The van der Waals surface area contributed by atoms with Gasteiger partial charge in [0, 0.05) is 19.1 Å². The van der Waals surface area contributed by atoms with E-state index in [2.05, 4.69) is 18.3 Å². The maximum atomic E-state index is 12.1. The Kier molecular flexibility index (Phi) is 4.03. The molecule has 0 radical (unpaired) electrons. The number of nitrogens with one attached hydrogen (secondary N) is 1. The molecule has 0 saturated carbocycles. The van der Waals surface area contributed by atoms with Crippen molar-refractivity contribution in [2.75, 3.05) is 18.0 Å². The number of hydrogen-bond acceptors (Lipinski definition) is 4. The van der Waals surface area contributed by atoms with E-state index in [0.717, 1.165) is 12.1 Å². The van der Waals surface area contributed by atoms with Gasteiger partial charge in [-0.2, -0.15) is 5.26 Å². The maximum Gasteiger partial charge on any atom is 0.244 e. The van der Waals surface area contributed by atoms with Gasteiger partial charge in [0.05, 0.1) is 11.3 Å². The molecule has 0 aliphatic carbocycles. The quantitative estimate of drug-likeness (QED) is 0.814. The molecule has 1 heterocycles. The lowest BCUT2D eigenvalue weighted by Gasteiger charge is -2.35. The van der Waals surface area contributed by atoms with Crippen molar-refractivity contribution in [3.05, 3.63) is 29.8 Å². The molecule has 0 bridgehead atoms. The van der Waals surface area contributed by atoms with Gasteiger partial charge in [0.25, 0.3) is 0 Å². The van der Waals surface area contributed by atoms with Crippen LogP contribution in [0.5, 0.6) is 0 Å². The highest BCUT2D eigenvalue weighted by Gasteiger charge is 2.32. The van der Waals surface area contributed by atoms with Gasteiger partial charge in [-0.1, -0.05) is 12.1 Å². The SMILES string of the molecule is CC1CCNC(=O)C(CN)N1c1ccccc1C#N. The van der Waals surface area contributed by atoms with E-state index in [0.29, 0.717) is 12.1 Å². The summed E-state index contributed by atoms with van der Waals surface area (Å²) in [6.45, 7) is 2.93. The van der Waals surface area contributed by atoms with Crippen molar-refractivity contribution >= 4 is 11.6 Å². The maximum absolute atomic E-state index is 12.1. The zero-order valence-electron chi connectivity index (χ0n) is 11.0. The van der Waals surface area contributed by atoms with Crippen LogP contribution in [0.3, 0.4) is 0 Å². The number of nitriles is 1. The Morgan fingerprint density at radius 2 is 2.26 bits per heavy atom. The van der Waals surface area contributed by atoms with Crippen LogP contribution in [0.2, 0.25) is 0 Å². The molecule has 1 aromatic carbocycles. The highest BCUT2D eigenvalue weighted by Crippen LogP contribution is 2.26. The molecule has 1 saturated heterocycles. The summed E-state index contributed by atoms with van der Waals surface area (Å²) >= 11 is 0. The summed E-state index contributed by atoms with van der Waals surface area (Å²) in [4.78, 5) is 14.0. The highest BCUT2D eigenvalue weighted by atomic mass is 16.2. The lowest BCUT2D eigenvalue weighted by molar-refractivity contribution is -0.121. The van der Waals surface area contributed by atoms with Gasteiger partial charge < -0.3 is 16.0 Å². The van der Waals surface area contributed by atoms with Gasteiger partial charge in [-0.25, -0.2) is 0 Å². The Bertz CT molecular complexity index is 508. The molecule has 1 aromatic rings. The zero-order chi connectivity index (χ0) is 13.8. The molecule has 2 atom stereocenters. The molecule has 3 N–H and O–H groups in total. The minimum atomic E-state index is -0.424. The van der Waals surface area contributed by atoms with E-state index < -0.39 is 6.04 Å². The predicted octanol–water partition coefficient (Wildman–Crippen LogP) is 0.600. The number of nitrogens with two attached hydrogens (primary N) is 1. The summed E-state index contributed by atoms with van der Waals surface area (Å²) in [7, 11) is 0.